The minimum Gasteiger partial charge on any atom is -0.505 e. The Bertz CT molecular complexity index is 567. The van der Waals surface area contributed by atoms with Crippen LogP contribution in [-0.2, 0) is 0 Å². The maximum Gasteiger partial charge on any atom is 0.273 e. The number of nitrogens with one attached hydrogen (secondary N) is 1. The fourth-order valence-corrected chi connectivity index (χ4v) is 1.86. The summed E-state index contributed by atoms with van der Waals surface area (Å²) in [7, 11) is 3.80. The second kappa shape index (κ2) is 6.21. The van der Waals surface area contributed by atoms with Crippen molar-refractivity contribution in [3.05, 3.63) is 48.2 Å². The van der Waals surface area contributed by atoms with Crippen LogP contribution in [-0.4, -0.2) is 41.5 Å². The van der Waals surface area contributed by atoms with Crippen molar-refractivity contribution in [3.63, 3.8) is 0 Å². The van der Waals surface area contributed by atoms with Crippen LogP contribution in [0.1, 0.15) is 22.3 Å². The Morgan fingerprint density at radius 1 is 1.45 bits per heavy atom. The van der Waals surface area contributed by atoms with Crippen molar-refractivity contribution in [3.8, 4) is 5.75 Å². The van der Waals surface area contributed by atoms with Gasteiger partial charge in [0.2, 0.25) is 0 Å². The van der Waals surface area contributed by atoms with Crippen molar-refractivity contribution in [1.29, 1.82) is 0 Å². The maximum atomic E-state index is 12.0. The molecule has 0 fully saturated rings. The molecule has 0 unspecified atom stereocenters. The standard InChI is InChI=1S/C14H17N3O3/c1-17(2)10(12-6-4-8-20-12)9-16-14(19)13-11(18)5-3-7-15-13/h3-8,10,18H,9H2,1-2H3,(H,16,19)/t10-/m0/s1. The highest BCUT2D eigenvalue weighted by Gasteiger charge is 2.19. The summed E-state index contributed by atoms with van der Waals surface area (Å²) < 4.78 is 5.36. The number of carbonyl (C=O) groups excluding carboxylic acids is 1. The Morgan fingerprint density at radius 2 is 2.25 bits per heavy atom. The summed E-state index contributed by atoms with van der Waals surface area (Å²) in [6, 6.07) is 6.57. The van der Waals surface area contributed by atoms with E-state index >= 15 is 0 Å². The van der Waals surface area contributed by atoms with E-state index in [0.717, 1.165) is 5.76 Å². The Kier molecular flexibility index (Phi) is 4.37. The Balaban J connectivity index is 2.03. The fourth-order valence-electron chi connectivity index (χ4n) is 1.86. The van der Waals surface area contributed by atoms with Crippen molar-refractivity contribution in [2.75, 3.05) is 20.6 Å². The first-order chi connectivity index (χ1) is 9.59. The van der Waals surface area contributed by atoms with Crippen LogP contribution in [0.3, 0.4) is 0 Å². The van der Waals surface area contributed by atoms with Crippen LogP contribution < -0.4 is 5.32 Å². The second-order valence-corrected chi connectivity index (χ2v) is 4.58. The van der Waals surface area contributed by atoms with Crippen LogP contribution in [0.4, 0.5) is 0 Å². The molecule has 6 nitrogen and oxygen atoms in total. The molecule has 2 aromatic rings. The molecule has 0 radical (unpaired) electrons. The van der Waals surface area contributed by atoms with Gasteiger partial charge in [-0.2, -0.15) is 0 Å². The topological polar surface area (TPSA) is 78.6 Å². The average Bonchev–Trinajstić information content (AvgIpc) is 2.92. The summed E-state index contributed by atoms with van der Waals surface area (Å²) in [6.45, 7) is 0.357. The van der Waals surface area contributed by atoms with Crippen molar-refractivity contribution in [1.82, 2.24) is 15.2 Å². The lowest BCUT2D eigenvalue weighted by molar-refractivity contribution is 0.0931. The van der Waals surface area contributed by atoms with Crippen molar-refractivity contribution in [2.45, 2.75) is 6.04 Å². The summed E-state index contributed by atoms with van der Waals surface area (Å²) >= 11 is 0. The molecule has 6 heteroatoms. The maximum absolute atomic E-state index is 12.0. The van der Waals surface area contributed by atoms with E-state index in [1.807, 2.05) is 25.1 Å². The van der Waals surface area contributed by atoms with Gasteiger partial charge in [0, 0.05) is 12.7 Å². The van der Waals surface area contributed by atoms with E-state index in [4.69, 9.17) is 4.42 Å². The molecule has 0 aromatic carbocycles. The van der Waals surface area contributed by atoms with Gasteiger partial charge < -0.3 is 14.8 Å². The molecule has 0 aliphatic rings. The van der Waals surface area contributed by atoms with Gasteiger partial charge in [-0.25, -0.2) is 4.98 Å². The summed E-state index contributed by atoms with van der Waals surface area (Å²) in [4.78, 5) is 17.8. The van der Waals surface area contributed by atoms with E-state index in [9.17, 15) is 9.90 Å². The number of amides is 1. The lowest BCUT2D eigenvalue weighted by Gasteiger charge is -2.22. The van der Waals surface area contributed by atoms with E-state index in [0.29, 0.717) is 6.54 Å². The second-order valence-electron chi connectivity index (χ2n) is 4.58. The van der Waals surface area contributed by atoms with Gasteiger partial charge in [0.05, 0.1) is 12.3 Å². The predicted molar refractivity (Wildman–Crippen MR) is 73.4 cm³/mol. The summed E-state index contributed by atoms with van der Waals surface area (Å²) in [6.07, 6.45) is 3.06. The fraction of sp³-hybridized carbons (Fsp3) is 0.286. The Hall–Kier alpha value is -2.34. The molecule has 0 aliphatic heterocycles. The number of carbonyl (C=O) groups is 1. The van der Waals surface area contributed by atoms with E-state index < -0.39 is 5.91 Å². The zero-order valence-electron chi connectivity index (χ0n) is 11.4. The largest absolute Gasteiger partial charge is 0.505 e. The number of rotatable bonds is 5. The first-order valence-corrected chi connectivity index (χ1v) is 6.21. The summed E-state index contributed by atoms with van der Waals surface area (Å²) in [5, 5.41) is 12.3. The first kappa shape index (κ1) is 14.1. The van der Waals surface area contributed by atoms with Crippen LogP contribution in [0.25, 0.3) is 0 Å². The number of likely N-dealkylation sites (N-methyl/N-ethyl adjacent to an activating group) is 1. The molecule has 0 aliphatic carbocycles. The molecule has 0 saturated heterocycles. The number of hydrogen-bond donors (Lipinski definition) is 2. The molecule has 2 aromatic heterocycles. The summed E-state index contributed by atoms with van der Waals surface area (Å²) in [5.41, 5.74) is 0.0180. The zero-order valence-corrected chi connectivity index (χ0v) is 11.4. The van der Waals surface area contributed by atoms with Crippen LogP contribution in [0, 0.1) is 0 Å². The Labute approximate surface area is 117 Å². The van der Waals surface area contributed by atoms with Gasteiger partial charge in [0.1, 0.15) is 11.5 Å². The quantitative estimate of drug-likeness (QED) is 0.862. The molecule has 1 amide bonds. The molecule has 1 atom stereocenters. The van der Waals surface area contributed by atoms with Crippen LogP contribution in [0.15, 0.2) is 41.1 Å². The molecule has 2 heterocycles. The van der Waals surface area contributed by atoms with Crippen LogP contribution in [0.2, 0.25) is 0 Å². The molecule has 2 rings (SSSR count). The van der Waals surface area contributed by atoms with Gasteiger partial charge in [0.25, 0.3) is 5.91 Å². The van der Waals surface area contributed by atoms with E-state index in [-0.39, 0.29) is 17.5 Å². The molecule has 0 spiro atoms. The Morgan fingerprint density at radius 3 is 2.85 bits per heavy atom. The number of hydrogen-bond acceptors (Lipinski definition) is 5. The number of nitrogens with zero attached hydrogens (tertiary/aromatic N) is 2. The number of pyridine rings is 1. The van der Waals surface area contributed by atoms with Crippen LogP contribution in [0.5, 0.6) is 5.75 Å². The third kappa shape index (κ3) is 3.16. The predicted octanol–water partition coefficient (Wildman–Crippen LogP) is 1.41. The van der Waals surface area contributed by atoms with Crippen molar-refractivity contribution >= 4 is 5.91 Å². The average molecular weight is 275 g/mol. The van der Waals surface area contributed by atoms with Gasteiger partial charge >= 0.3 is 0 Å². The SMILES string of the molecule is CN(C)[C@@H](CNC(=O)c1ncccc1O)c1ccco1. The van der Waals surface area contributed by atoms with Crippen molar-refractivity contribution < 1.29 is 14.3 Å². The monoisotopic (exact) mass is 275 g/mol. The van der Waals surface area contributed by atoms with E-state index in [2.05, 4.69) is 10.3 Å². The smallest absolute Gasteiger partial charge is 0.273 e. The van der Waals surface area contributed by atoms with Gasteiger partial charge in [-0.05, 0) is 38.4 Å². The number of aromatic nitrogens is 1. The molecular formula is C14H17N3O3. The molecule has 0 bridgehead atoms. The van der Waals surface area contributed by atoms with Gasteiger partial charge in [-0.1, -0.05) is 0 Å². The minimum absolute atomic E-state index is 0.0180. The lowest BCUT2D eigenvalue weighted by atomic mass is 10.2. The molecule has 20 heavy (non-hydrogen) atoms. The highest BCUT2D eigenvalue weighted by molar-refractivity contribution is 5.94. The number of aromatic hydroxyl groups is 1. The minimum atomic E-state index is -0.415. The first-order valence-electron chi connectivity index (χ1n) is 6.21. The normalized spacial score (nSPS) is 12.3. The van der Waals surface area contributed by atoms with Gasteiger partial charge in [0.15, 0.2) is 5.69 Å². The van der Waals surface area contributed by atoms with Crippen molar-refractivity contribution in [2.24, 2.45) is 0 Å². The highest BCUT2D eigenvalue weighted by atomic mass is 16.3. The summed E-state index contributed by atoms with van der Waals surface area (Å²) in [5.74, 6) is 0.214. The van der Waals surface area contributed by atoms with Gasteiger partial charge in [-0.3, -0.25) is 9.69 Å². The zero-order chi connectivity index (χ0) is 14.5. The molecule has 106 valence electrons. The lowest BCUT2D eigenvalue weighted by Crippen LogP contribution is -2.34. The van der Waals surface area contributed by atoms with Crippen LogP contribution >= 0.6 is 0 Å². The highest BCUT2D eigenvalue weighted by Crippen LogP contribution is 2.18. The molecular weight excluding hydrogens is 258 g/mol. The third-order valence-electron chi connectivity index (χ3n) is 2.95. The van der Waals surface area contributed by atoms with Gasteiger partial charge in [-0.15, -0.1) is 0 Å². The molecule has 2 N–H and O–H groups in total. The van der Waals surface area contributed by atoms with E-state index in [1.165, 1.54) is 12.3 Å². The third-order valence-corrected chi connectivity index (χ3v) is 2.95. The molecule has 0 saturated carbocycles. The van der Waals surface area contributed by atoms with E-state index in [1.54, 1.807) is 18.4 Å². The number of furan rings is 1.